The van der Waals surface area contributed by atoms with Crippen LogP contribution in [-0.4, -0.2) is 46.9 Å². The van der Waals surface area contributed by atoms with Gasteiger partial charge in [0.05, 0.1) is 17.1 Å². The fraction of sp³-hybridized carbons (Fsp3) is 0.407. The first kappa shape index (κ1) is 23.6. The summed E-state index contributed by atoms with van der Waals surface area (Å²) in [4.78, 5) is 33.1. The largest absolute Gasteiger partial charge is 0.441 e. The predicted octanol–water partition coefficient (Wildman–Crippen LogP) is 5.35. The van der Waals surface area contributed by atoms with Gasteiger partial charge in [0.15, 0.2) is 0 Å². The van der Waals surface area contributed by atoms with Gasteiger partial charge in [-0.1, -0.05) is 35.9 Å². The number of para-hydroxylation sites is 1. The van der Waals surface area contributed by atoms with Gasteiger partial charge >= 0.3 is 12.2 Å². The molecule has 1 spiro atoms. The lowest BCUT2D eigenvalue weighted by atomic mass is 9.91. The standard InChI is InChI=1S/C26H28ClN3O2.CO2/c1-18-7-10-22(27)24-23(18)19(16-29(24)21-8-9-21)15-28-13-11-26(12-14-28)17-30(25(31)32-26)20-5-3-2-4-6-20;2-1-3/h2-7,10,16,21H,8-9,11-15,17H2,1H3;. The quantitative estimate of drug-likeness (QED) is 0.490. The number of halogens is 1. The second-order valence-corrected chi connectivity index (χ2v) is 10.1. The third kappa shape index (κ3) is 4.59. The van der Waals surface area contributed by atoms with Gasteiger partial charge in [-0.3, -0.25) is 9.80 Å². The van der Waals surface area contributed by atoms with E-state index in [4.69, 9.17) is 25.9 Å². The molecule has 3 fully saturated rings. The topological polar surface area (TPSA) is 71.8 Å². The van der Waals surface area contributed by atoms with Crippen molar-refractivity contribution in [3.63, 3.8) is 0 Å². The zero-order chi connectivity index (χ0) is 24.6. The van der Waals surface area contributed by atoms with Gasteiger partial charge < -0.3 is 9.30 Å². The van der Waals surface area contributed by atoms with Crippen molar-refractivity contribution >= 4 is 40.4 Å². The predicted molar refractivity (Wildman–Crippen MR) is 132 cm³/mol. The van der Waals surface area contributed by atoms with Crippen molar-refractivity contribution in [3.8, 4) is 0 Å². The number of aryl methyl sites for hydroxylation is 1. The zero-order valence-corrected chi connectivity index (χ0v) is 20.5. The van der Waals surface area contributed by atoms with E-state index in [0.29, 0.717) is 12.6 Å². The summed E-state index contributed by atoms with van der Waals surface area (Å²) in [5, 5.41) is 2.16. The SMILES string of the molecule is Cc1ccc(Cl)c2c1c(CN1CCC3(CC1)CN(c1ccccc1)C(=O)O3)cn2C1CC1.O=C=O. The van der Waals surface area contributed by atoms with E-state index >= 15 is 0 Å². The second-order valence-electron chi connectivity index (χ2n) is 9.71. The number of rotatable bonds is 4. The van der Waals surface area contributed by atoms with Crippen LogP contribution in [0.3, 0.4) is 0 Å². The van der Waals surface area contributed by atoms with Crippen LogP contribution < -0.4 is 4.90 Å². The summed E-state index contributed by atoms with van der Waals surface area (Å²) in [7, 11) is 0. The summed E-state index contributed by atoms with van der Waals surface area (Å²) >= 11 is 6.63. The Labute approximate surface area is 209 Å². The molecule has 2 aliphatic heterocycles. The number of piperidine rings is 1. The number of hydrogen-bond acceptors (Lipinski definition) is 5. The van der Waals surface area contributed by atoms with E-state index in [-0.39, 0.29) is 17.8 Å². The van der Waals surface area contributed by atoms with E-state index < -0.39 is 0 Å². The molecule has 35 heavy (non-hydrogen) atoms. The molecule has 8 heteroatoms. The average molecular weight is 494 g/mol. The maximum Gasteiger partial charge on any atom is 0.415 e. The van der Waals surface area contributed by atoms with E-state index in [0.717, 1.165) is 43.2 Å². The van der Waals surface area contributed by atoms with Gasteiger partial charge in [0.1, 0.15) is 5.60 Å². The molecule has 1 aliphatic carbocycles. The Morgan fingerprint density at radius 1 is 1.09 bits per heavy atom. The van der Waals surface area contributed by atoms with Crippen molar-refractivity contribution in [2.45, 2.75) is 50.8 Å². The molecule has 182 valence electrons. The third-order valence-corrected chi connectivity index (χ3v) is 7.66. The van der Waals surface area contributed by atoms with Crippen LogP contribution in [0.5, 0.6) is 0 Å². The lowest BCUT2D eigenvalue weighted by Crippen LogP contribution is -2.46. The number of anilines is 1. The van der Waals surface area contributed by atoms with Gasteiger partial charge in [-0.15, -0.1) is 0 Å². The van der Waals surface area contributed by atoms with Crippen molar-refractivity contribution in [2.24, 2.45) is 0 Å². The zero-order valence-electron chi connectivity index (χ0n) is 19.7. The number of fused-ring (bicyclic) bond motifs is 1. The van der Waals surface area contributed by atoms with Crippen LogP contribution in [0.15, 0.2) is 48.7 Å². The molecule has 0 unspecified atom stereocenters. The Balaban J connectivity index is 0.000000806. The van der Waals surface area contributed by atoms with Crippen LogP contribution >= 0.6 is 11.6 Å². The van der Waals surface area contributed by atoms with Crippen LogP contribution in [0.2, 0.25) is 5.02 Å². The molecular formula is C27H28ClN3O4. The number of nitrogens with zero attached hydrogens (tertiary/aromatic N) is 3. The number of amides is 1. The number of hydrogen-bond donors (Lipinski definition) is 0. The Morgan fingerprint density at radius 3 is 2.43 bits per heavy atom. The van der Waals surface area contributed by atoms with Gasteiger partial charge in [0, 0.05) is 55.8 Å². The van der Waals surface area contributed by atoms with Gasteiger partial charge in [0.25, 0.3) is 0 Å². The van der Waals surface area contributed by atoms with Crippen LogP contribution in [0.4, 0.5) is 10.5 Å². The van der Waals surface area contributed by atoms with Gasteiger partial charge in [0.2, 0.25) is 0 Å². The van der Waals surface area contributed by atoms with E-state index in [9.17, 15) is 4.79 Å². The van der Waals surface area contributed by atoms with Gasteiger partial charge in [-0.25, -0.2) is 4.79 Å². The fourth-order valence-corrected chi connectivity index (χ4v) is 5.69. The van der Waals surface area contributed by atoms with Crippen LogP contribution in [0.25, 0.3) is 10.9 Å². The monoisotopic (exact) mass is 493 g/mol. The lowest BCUT2D eigenvalue weighted by molar-refractivity contribution is -0.191. The van der Waals surface area contributed by atoms with E-state index in [1.807, 2.05) is 36.4 Å². The minimum atomic E-state index is -0.370. The Kier molecular flexibility index (Phi) is 6.41. The molecule has 2 aromatic carbocycles. The first-order chi connectivity index (χ1) is 16.9. The first-order valence-corrected chi connectivity index (χ1v) is 12.4. The first-order valence-electron chi connectivity index (χ1n) is 12.0. The van der Waals surface area contributed by atoms with Gasteiger partial charge in [-0.2, -0.15) is 9.59 Å². The number of carbonyl (C=O) groups excluding carboxylic acids is 3. The number of carbonyl (C=O) groups is 1. The number of benzene rings is 2. The maximum atomic E-state index is 12.6. The summed E-state index contributed by atoms with van der Waals surface area (Å²) in [6, 6.07) is 14.6. The normalized spacial score (nSPS) is 19.4. The molecule has 3 aliphatic rings. The highest BCUT2D eigenvalue weighted by Crippen LogP contribution is 2.42. The van der Waals surface area contributed by atoms with E-state index in [1.54, 1.807) is 4.90 Å². The molecule has 3 heterocycles. The van der Waals surface area contributed by atoms with Crippen molar-refractivity contribution in [1.82, 2.24) is 9.47 Å². The van der Waals surface area contributed by atoms with Crippen LogP contribution in [0, 0.1) is 6.92 Å². The molecule has 2 saturated heterocycles. The highest BCUT2D eigenvalue weighted by molar-refractivity contribution is 6.35. The van der Waals surface area contributed by atoms with Crippen molar-refractivity contribution in [1.29, 1.82) is 0 Å². The van der Waals surface area contributed by atoms with E-state index in [1.165, 1.54) is 34.9 Å². The molecule has 0 atom stereocenters. The summed E-state index contributed by atoms with van der Waals surface area (Å²) in [6.45, 7) is 5.57. The average Bonchev–Trinajstić information content (AvgIpc) is 3.55. The molecule has 1 saturated carbocycles. The van der Waals surface area contributed by atoms with Crippen LogP contribution in [0.1, 0.15) is 42.9 Å². The minimum absolute atomic E-state index is 0.220. The Bertz CT molecular complexity index is 1270. The smallest absolute Gasteiger partial charge is 0.415 e. The molecule has 7 nitrogen and oxygen atoms in total. The van der Waals surface area contributed by atoms with Crippen molar-refractivity contribution in [3.05, 3.63) is 64.8 Å². The molecule has 0 N–H and O–H groups in total. The fourth-order valence-electron chi connectivity index (χ4n) is 5.43. The molecule has 6 rings (SSSR count). The summed E-state index contributed by atoms with van der Waals surface area (Å²) in [6.07, 6.45) is 6.57. The lowest BCUT2D eigenvalue weighted by Gasteiger charge is -2.37. The molecular weight excluding hydrogens is 466 g/mol. The minimum Gasteiger partial charge on any atom is -0.441 e. The highest BCUT2D eigenvalue weighted by Gasteiger charge is 2.47. The molecule has 3 aromatic rings. The number of likely N-dealkylation sites (tertiary alicyclic amines) is 1. The third-order valence-electron chi connectivity index (χ3n) is 7.35. The number of aromatic nitrogens is 1. The van der Waals surface area contributed by atoms with Crippen molar-refractivity contribution in [2.75, 3.05) is 24.5 Å². The molecule has 0 radical (unpaired) electrons. The summed E-state index contributed by atoms with van der Waals surface area (Å²) < 4.78 is 8.35. The van der Waals surface area contributed by atoms with E-state index in [2.05, 4.69) is 28.7 Å². The molecule has 1 aromatic heterocycles. The van der Waals surface area contributed by atoms with Crippen molar-refractivity contribution < 1.29 is 19.1 Å². The van der Waals surface area contributed by atoms with Crippen LogP contribution in [-0.2, 0) is 20.9 Å². The Hall–Kier alpha value is -3.12. The number of ether oxygens (including phenoxy) is 1. The maximum absolute atomic E-state index is 12.6. The second kappa shape index (κ2) is 9.50. The molecule has 1 amide bonds. The summed E-state index contributed by atoms with van der Waals surface area (Å²) in [5.41, 5.74) is 4.38. The molecule has 0 bridgehead atoms. The van der Waals surface area contributed by atoms with Gasteiger partial charge in [-0.05, 0) is 49.1 Å². The highest BCUT2D eigenvalue weighted by atomic mass is 35.5. The summed E-state index contributed by atoms with van der Waals surface area (Å²) in [5.74, 6) is 0. The Morgan fingerprint density at radius 2 is 1.77 bits per heavy atom.